The van der Waals surface area contributed by atoms with Crippen molar-refractivity contribution in [3.8, 4) is 0 Å². The van der Waals surface area contributed by atoms with Crippen LogP contribution in [0.2, 0.25) is 0 Å². The van der Waals surface area contributed by atoms with E-state index in [1.54, 1.807) is 0 Å². The fourth-order valence-electron chi connectivity index (χ4n) is 1.35. The van der Waals surface area contributed by atoms with Gasteiger partial charge in [0.15, 0.2) is 0 Å². The molecule has 2 N–H and O–H groups in total. The predicted molar refractivity (Wildman–Crippen MR) is 59.4 cm³/mol. The van der Waals surface area contributed by atoms with E-state index in [-0.39, 0.29) is 18.8 Å². The number of aliphatic hydroxyl groups excluding tert-OH is 1. The highest BCUT2D eigenvalue weighted by molar-refractivity contribution is 4.66. The molecule has 0 fully saturated rings. The molecule has 3 heteroatoms. The van der Waals surface area contributed by atoms with Gasteiger partial charge in [-0.25, -0.2) is 0 Å². The van der Waals surface area contributed by atoms with Crippen LogP contribution >= 0.6 is 0 Å². The average molecular weight is 203 g/mol. The van der Waals surface area contributed by atoms with Crippen LogP contribution in [0.4, 0.5) is 0 Å². The molecule has 0 heterocycles. The predicted octanol–water partition coefficient (Wildman–Crippen LogP) is 1.41. The van der Waals surface area contributed by atoms with Gasteiger partial charge in [0.2, 0.25) is 0 Å². The fourth-order valence-corrected chi connectivity index (χ4v) is 1.35. The second kappa shape index (κ2) is 8.21. The normalized spacial score (nSPS) is 13.9. The van der Waals surface area contributed by atoms with Crippen molar-refractivity contribution in [1.29, 1.82) is 0 Å². The van der Waals surface area contributed by atoms with Crippen LogP contribution < -0.4 is 5.32 Å². The average Bonchev–Trinajstić information content (AvgIpc) is 2.09. The van der Waals surface area contributed by atoms with Gasteiger partial charge in [-0.15, -0.1) is 0 Å². The van der Waals surface area contributed by atoms with E-state index in [1.807, 2.05) is 13.8 Å². The largest absolute Gasteiger partial charge is 0.395 e. The van der Waals surface area contributed by atoms with Crippen molar-refractivity contribution in [1.82, 2.24) is 5.32 Å². The van der Waals surface area contributed by atoms with E-state index in [4.69, 9.17) is 9.84 Å². The van der Waals surface area contributed by atoms with E-state index >= 15 is 0 Å². The van der Waals surface area contributed by atoms with Crippen molar-refractivity contribution in [3.05, 3.63) is 0 Å². The van der Waals surface area contributed by atoms with Crippen LogP contribution in [0.25, 0.3) is 0 Å². The number of hydrogen-bond donors (Lipinski definition) is 2. The van der Waals surface area contributed by atoms with E-state index in [9.17, 15) is 0 Å². The van der Waals surface area contributed by atoms with E-state index < -0.39 is 0 Å². The third-order valence-electron chi connectivity index (χ3n) is 1.96. The van der Waals surface area contributed by atoms with Crippen LogP contribution in [0.3, 0.4) is 0 Å². The molecule has 0 rings (SSSR count). The Labute approximate surface area is 87.8 Å². The number of hydrogen-bond acceptors (Lipinski definition) is 3. The molecule has 0 aromatic carbocycles. The van der Waals surface area contributed by atoms with Crippen LogP contribution in [-0.4, -0.2) is 37.0 Å². The Bertz CT molecular complexity index is 126. The van der Waals surface area contributed by atoms with Crippen molar-refractivity contribution in [2.75, 3.05) is 19.8 Å². The molecule has 0 aliphatic carbocycles. The SMILES string of the molecule is CC(C)CC(CO)NCCOC(C)C. The summed E-state index contributed by atoms with van der Waals surface area (Å²) in [5.74, 6) is 0.616. The second-order valence-electron chi connectivity index (χ2n) is 4.38. The Hall–Kier alpha value is -0.120. The quantitative estimate of drug-likeness (QED) is 0.586. The van der Waals surface area contributed by atoms with Gasteiger partial charge in [-0.3, -0.25) is 0 Å². The maximum absolute atomic E-state index is 9.08. The summed E-state index contributed by atoms with van der Waals surface area (Å²) in [4.78, 5) is 0. The zero-order chi connectivity index (χ0) is 11.0. The number of aliphatic hydroxyl groups is 1. The Morgan fingerprint density at radius 1 is 1.21 bits per heavy atom. The molecule has 0 radical (unpaired) electrons. The Balaban J connectivity index is 3.43. The van der Waals surface area contributed by atoms with Crippen molar-refractivity contribution in [2.45, 2.75) is 46.3 Å². The van der Waals surface area contributed by atoms with Crippen LogP contribution in [0.1, 0.15) is 34.1 Å². The topological polar surface area (TPSA) is 41.5 Å². The molecule has 0 spiro atoms. The van der Waals surface area contributed by atoms with Crippen molar-refractivity contribution in [2.24, 2.45) is 5.92 Å². The van der Waals surface area contributed by atoms with Gasteiger partial charge in [0.05, 0.1) is 19.3 Å². The minimum absolute atomic E-state index is 0.208. The first-order chi connectivity index (χ1) is 6.56. The third-order valence-corrected chi connectivity index (χ3v) is 1.96. The number of nitrogens with one attached hydrogen (secondary N) is 1. The first-order valence-corrected chi connectivity index (χ1v) is 5.52. The van der Waals surface area contributed by atoms with Crippen molar-refractivity contribution in [3.63, 3.8) is 0 Å². The van der Waals surface area contributed by atoms with Gasteiger partial charge in [-0.2, -0.15) is 0 Å². The van der Waals surface area contributed by atoms with Crippen molar-refractivity contribution >= 4 is 0 Å². The van der Waals surface area contributed by atoms with E-state index in [2.05, 4.69) is 19.2 Å². The lowest BCUT2D eigenvalue weighted by Gasteiger charge is -2.18. The number of ether oxygens (including phenoxy) is 1. The molecule has 0 aliphatic rings. The zero-order valence-corrected chi connectivity index (χ0v) is 9.92. The summed E-state index contributed by atoms with van der Waals surface area (Å²) >= 11 is 0. The summed E-state index contributed by atoms with van der Waals surface area (Å²) in [6, 6.07) is 0.214. The molecule has 14 heavy (non-hydrogen) atoms. The molecule has 0 aliphatic heterocycles. The lowest BCUT2D eigenvalue weighted by Crippen LogP contribution is -2.36. The van der Waals surface area contributed by atoms with E-state index in [0.717, 1.165) is 13.0 Å². The summed E-state index contributed by atoms with van der Waals surface area (Å²) in [6.45, 7) is 10.1. The van der Waals surface area contributed by atoms with E-state index in [1.165, 1.54) is 0 Å². The fraction of sp³-hybridized carbons (Fsp3) is 1.00. The maximum Gasteiger partial charge on any atom is 0.0594 e. The van der Waals surface area contributed by atoms with Crippen molar-refractivity contribution < 1.29 is 9.84 Å². The molecule has 1 unspecified atom stereocenters. The van der Waals surface area contributed by atoms with Gasteiger partial charge < -0.3 is 15.2 Å². The molecule has 3 nitrogen and oxygen atoms in total. The summed E-state index contributed by atoms with van der Waals surface area (Å²) in [7, 11) is 0. The van der Waals surface area contributed by atoms with Gasteiger partial charge in [0.25, 0.3) is 0 Å². The minimum Gasteiger partial charge on any atom is -0.395 e. The first-order valence-electron chi connectivity index (χ1n) is 5.52. The highest BCUT2D eigenvalue weighted by atomic mass is 16.5. The molecule has 0 aromatic rings. The smallest absolute Gasteiger partial charge is 0.0594 e. The summed E-state index contributed by atoms with van der Waals surface area (Å²) in [5, 5.41) is 12.4. The van der Waals surface area contributed by atoms with Crippen LogP contribution in [0.5, 0.6) is 0 Å². The van der Waals surface area contributed by atoms with Gasteiger partial charge in [-0.1, -0.05) is 13.8 Å². The Morgan fingerprint density at radius 2 is 1.86 bits per heavy atom. The molecule has 0 amide bonds. The molecule has 0 saturated carbocycles. The Kier molecular flexibility index (Phi) is 8.14. The molecule has 0 bridgehead atoms. The third kappa shape index (κ3) is 8.48. The minimum atomic E-state index is 0.208. The lowest BCUT2D eigenvalue weighted by molar-refractivity contribution is 0.0769. The van der Waals surface area contributed by atoms with Gasteiger partial charge >= 0.3 is 0 Å². The summed E-state index contributed by atoms with van der Waals surface area (Å²) in [6.07, 6.45) is 1.30. The number of rotatable bonds is 8. The summed E-state index contributed by atoms with van der Waals surface area (Å²) in [5.41, 5.74) is 0. The zero-order valence-electron chi connectivity index (χ0n) is 9.92. The lowest BCUT2D eigenvalue weighted by atomic mass is 10.0. The monoisotopic (exact) mass is 203 g/mol. The molecule has 0 saturated heterocycles. The molecule has 0 aromatic heterocycles. The standard InChI is InChI=1S/C11H25NO2/c1-9(2)7-11(8-13)12-5-6-14-10(3)4/h9-13H,5-8H2,1-4H3. The summed E-state index contributed by atoms with van der Waals surface area (Å²) < 4.78 is 5.40. The maximum atomic E-state index is 9.08. The van der Waals surface area contributed by atoms with Crippen LogP contribution in [0, 0.1) is 5.92 Å². The highest BCUT2D eigenvalue weighted by Crippen LogP contribution is 2.03. The molecular formula is C11H25NO2. The van der Waals surface area contributed by atoms with Crippen LogP contribution in [-0.2, 0) is 4.74 Å². The van der Waals surface area contributed by atoms with Gasteiger partial charge in [0, 0.05) is 12.6 Å². The van der Waals surface area contributed by atoms with Gasteiger partial charge in [-0.05, 0) is 26.2 Å². The van der Waals surface area contributed by atoms with Gasteiger partial charge in [0.1, 0.15) is 0 Å². The Morgan fingerprint density at radius 3 is 2.29 bits per heavy atom. The second-order valence-corrected chi connectivity index (χ2v) is 4.38. The molecular weight excluding hydrogens is 178 g/mol. The molecule has 1 atom stereocenters. The first kappa shape index (κ1) is 13.9. The molecule has 86 valence electrons. The van der Waals surface area contributed by atoms with E-state index in [0.29, 0.717) is 12.5 Å². The highest BCUT2D eigenvalue weighted by Gasteiger charge is 2.08. The van der Waals surface area contributed by atoms with Crippen LogP contribution in [0.15, 0.2) is 0 Å².